The number of carbonyl (C=O) groups excluding carboxylic acids is 2. The summed E-state index contributed by atoms with van der Waals surface area (Å²) in [7, 11) is 3.20. The van der Waals surface area contributed by atoms with Crippen LogP contribution in [0.5, 0.6) is 11.5 Å². The maximum absolute atomic E-state index is 13.7. The Kier molecular flexibility index (Phi) is 9.78. The summed E-state index contributed by atoms with van der Waals surface area (Å²) in [6, 6.07) is 16.9. The molecule has 0 saturated carbocycles. The molecule has 0 bridgehead atoms. The van der Waals surface area contributed by atoms with E-state index in [-0.39, 0.29) is 24.4 Å². The van der Waals surface area contributed by atoms with Gasteiger partial charge in [0.2, 0.25) is 5.91 Å². The summed E-state index contributed by atoms with van der Waals surface area (Å²) in [5.74, 6) is 2.53. The predicted octanol–water partition coefficient (Wildman–Crippen LogP) is 5.43. The molecule has 0 fully saturated rings. The minimum Gasteiger partial charge on any atom is -0.493 e. The third kappa shape index (κ3) is 7.38. The van der Waals surface area contributed by atoms with Crippen molar-refractivity contribution in [2.24, 2.45) is 0 Å². The SMILES string of the molecule is CCC(C)N(CC(=O)N(CCc1ccc(OC)c(OC)c1)Cc1ccc(C)o1)C(=O)c1ccc(C)cc1. The molecule has 37 heavy (non-hydrogen) atoms. The van der Waals surface area contributed by atoms with Crippen LogP contribution in [0.4, 0.5) is 0 Å². The van der Waals surface area contributed by atoms with Gasteiger partial charge < -0.3 is 23.7 Å². The van der Waals surface area contributed by atoms with Crippen LogP contribution in [0.1, 0.15) is 53.3 Å². The van der Waals surface area contributed by atoms with E-state index in [2.05, 4.69) is 0 Å². The fraction of sp³-hybridized carbons (Fsp3) is 0.400. The van der Waals surface area contributed by atoms with Crippen LogP contribution in [0.25, 0.3) is 0 Å². The number of aryl methyl sites for hydroxylation is 2. The van der Waals surface area contributed by atoms with Gasteiger partial charge in [-0.1, -0.05) is 30.7 Å². The van der Waals surface area contributed by atoms with Gasteiger partial charge in [-0.25, -0.2) is 0 Å². The van der Waals surface area contributed by atoms with Gasteiger partial charge in [0, 0.05) is 18.2 Å². The third-order valence-corrected chi connectivity index (χ3v) is 6.60. The monoisotopic (exact) mass is 506 g/mol. The Morgan fingerprint density at radius 3 is 2.24 bits per heavy atom. The molecule has 0 aliphatic heterocycles. The molecule has 1 unspecified atom stereocenters. The largest absolute Gasteiger partial charge is 0.493 e. The summed E-state index contributed by atoms with van der Waals surface area (Å²) in [5, 5.41) is 0. The first-order valence-corrected chi connectivity index (χ1v) is 12.7. The molecule has 2 amide bonds. The Hall–Kier alpha value is -3.74. The number of amides is 2. The number of rotatable bonds is 12. The molecular weight excluding hydrogens is 468 g/mol. The quantitative estimate of drug-likeness (QED) is 0.328. The van der Waals surface area contributed by atoms with Gasteiger partial charge >= 0.3 is 0 Å². The number of hydrogen-bond donors (Lipinski definition) is 0. The maximum atomic E-state index is 13.7. The molecule has 0 saturated heterocycles. The van der Waals surface area contributed by atoms with Crippen molar-refractivity contribution in [3.05, 3.63) is 82.8 Å². The van der Waals surface area contributed by atoms with Crippen molar-refractivity contribution in [1.29, 1.82) is 0 Å². The van der Waals surface area contributed by atoms with Crippen LogP contribution in [-0.4, -0.2) is 55.0 Å². The summed E-state index contributed by atoms with van der Waals surface area (Å²) in [4.78, 5) is 30.5. The van der Waals surface area contributed by atoms with Crippen molar-refractivity contribution < 1.29 is 23.5 Å². The summed E-state index contributed by atoms with van der Waals surface area (Å²) >= 11 is 0. The zero-order valence-corrected chi connectivity index (χ0v) is 22.7. The van der Waals surface area contributed by atoms with E-state index in [0.29, 0.717) is 42.3 Å². The Morgan fingerprint density at radius 2 is 1.65 bits per heavy atom. The predicted molar refractivity (Wildman–Crippen MR) is 144 cm³/mol. The number of furan rings is 1. The molecule has 0 spiro atoms. The summed E-state index contributed by atoms with van der Waals surface area (Å²) < 4.78 is 16.5. The van der Waals surface area contributed by atoms with Crippen molar-refractivity contribution in [3.8, 4) is 11.5 Å². The second-order valence-electron chi connectivity index (χ2n) is 9.32. The molecule has 198 valence electrons. The normalized spacial score (nSPS) is 11.6. The lowest BCUT2D eigenvalue weighted by atomic mass is 10.1. The van der Waals surface area contributed by atoms with E-state index >= 15 is 0 Å². The van der Waals surface area contributed by atoms with Crippen molar-refractivity contribution in [3.63, 3.8) is 0 Å². The summed E-state index contributed by atoms with van der Waals surface area (Å²) in [6.07, 6.45) is 1.36. The van der Waals surface area contributed by atoms with E-state index in [1.165, 1.54) is 0 Å². The van der Waals surface area contributed by atoms with Crippen molar-refractivity contribution in [2.45, 2.75) is 53.1 Å². The molecule has 7 heteroatoms. The number of hydrogen-bond acceptors (Lipinski definition) is 5. The number of methoxy groups -OCH3 is 2. The molecule has 3 rings (SSSR count). The third-order valence-electron chi connectivity index (χ3n) is 6.60. The molecular formula is C30H38N2O5. The zero-order chi connectivity index (χ0) is 26.9. The topological polar surface area (TPSA) is 72.2 Å². The van der Waals surface area contributed by atoms with Gasteiger partial charge in [0.1, 0.15) is 18.1 Å². The zero-order valence-electron chi connectivity index (χ0n) is 22.7. The molecule has 7 nitrogen and oxygen atoms in total. The molecule has 3 aromatic rings. The van der Waals surface area contributed by atoms with Gasteiger partial charge in [0.05, 0.1) is 20.8 Å². The van der Waals surface area contributed by atoms with Crippen LogP contribution >= 0.6 is 0 Å². The molecule has 1 aromatic heterocycles. The lowest BCUT2D eigenvalue weighted by Gasteiger charge is -2.31. The minimum atomic E-state index is -0.142. The molecule has 0 N–H and O–H groups in total. The lowest BCUT2D eigenvalue weighted by Crippen LogP contribution is -2.46. The lowest BCUT2D eigenvalue weighted by molar-refractivity contribution is -0.133. The van der Waals surface area contributed by atoms with Gasteiger partial charge in [-0.05, 0) is 75.6 Å². The number of nitrogens with zero attached hydrogens (tertiary/aromatic N) is 2. The Balaban J connectivity index is 1.81. The van der Waals surface area contributed by atoms with E-state index in [9.17, 15) is 9.59 Å². The Labute approximate surface area is 220 Å². The average molecular weight is 507 g/mol. The summed E-state index contributed by atoms with van der Waals surface area (Å²) in [5.41, 5.74) is 2.68. The molecule has 0 radical (unpaired) electrons. The second-order valence-corrected chi connectivity index (χ2v) is 9.32. The van der Waals surface area contributed by atoms with E-state index < -0.39 is 0 Å². The second kappa shape index (κ2) is 13.0. The van der Waals surface area contributed by atoms with Gasteiger partial charge in [0.15, 0.2) is 11.5 Å². The molecule has 0 aliphatic carbocycles. The maximum Gasteiger partial charge on any atom is 0.254 e. The van der Waals surface area contributed by atoms with Gasteiger partial charge in [-0.15, -0.1) is 0 Å². The van der Waals surface area contributed by atoms with Crippen molar-refractivity contribution in [1.82, 2.24) is 9.80 Å². The first kappa shape index (κ1) is 27.8. The smallest absolute Gasteiger partial charge is 0.254 e. The highest BCUT2D eigenvalue weighted by Crippen LogP contribution is 2.28. The highest BCUT2D eigenvalue weighted by molar-refractivity contribution is 5.96. The van der Waals surface area contributed by atoms with E-state index in [1.54, 1.807) is 24.0 Å². The van der Waals surface area contributed by atoms with Crippen LogP contribution in [0, 0.1) is 13.8 Å². The minimum absolute atomic E-state index is 0.00661. The fourth-order valence-electron chi connectivity index (χ4n) is 4.11. The molecule has 1 atom stereocenters. The van der Waals surface area contributed by atoms with E-state index in [4.69, 9.17) is 13.9 Å². The number of ether oxygens (including phenoxy) is 2. The van der Waals surface area contributed by atoms with Crippen molar-refractivity contribution in [2.75, 3.05) is 27.3 Å². The first-order valence-electron chi connectivity index (χ1n) is 12.7. The number of carbonyl (C=O) groups is 2. The number of benzene rings is 2. The fourth-order valence-corrected chi connectivity index (χ4v) is 4.11. The van der Waals surface area contributed by atoms with Crippen LogP contribution in [0.3, 0.4) is 0 Å². The van der Waals surface area contributed by atoms with Crippen LogP contribution in [0.2, 0.25) is 0 Å². The average Bonchev–Trinajstić information content (AvgIpc) is 3.33. The Bertz CT molecular complexity index is 1180. The highest BCUT2D eigenvalue weighted by atomic mass is 16.5. The van der Waals surface area contributed by atoms with Crippen molar-refractivity contribution >= 4 is 11.8 Å². The molecule has 2 aromatic carbocycles. The van der Waals surface area contributed by atoms with Gasteiger partial charge in [0.25, 0.3) is 5.91 Å². The molecule has 1 heterocycles. The first-order chi connectivity index (χ1) is 17.7. The van der Waals surface area contributed by atoms with Gasteiger partial charge in [-0.3, -0.25) is 9.59 Å². The summed E-state index contributed by atoms with van der Waals surface area (Å²) in [6.45, 7) is 8.64. The standard InChI is InChI=1S/C30H38N2O5/c1-7-22(3)32(30(34)25-12-8-21(2)9-13-25)20-29(33)31(19-26-14-10-23(4)37-26)17-16-24-11-15-27(35-5)28(18-24)36-6/h8-15,18,22H,7,16-17,19-20H2,1-6H3. The van der Waals surface area contributed by atoms with Gasteiger partial charge in [-0.2, -0.15) is 0 Å². The van der Waals surface area contributed by atoms with Crippen LogP contribution in [0.15, 0.2) is 59.0 Å². The Morgan fingerprint density at radius 1 is 0.946 bits per heavy atom. The van der Waals surface area contributed by atoms with E-state index in [1.807, 2.05) is 82.3 Å². The van der Waals surface area contributed by atoms with Crippen LogP contribution in [-0.2, 0) is 17.8 Å². The van der Waals surface area contributed by atoms with E-state index in [0.717, 1.165) is 23.3 Å². The molecule has 0 aliphatic rings. The van der Waals surface area contributed by atoms with Crippen LogP contribution < -0.4 is 9.47 Å². The highest BCUT2D eigenvalue weighted by Gasteiger charge is 2.26.